The highest BCUT2D eigenvalue weighted by molar-refractivity contribution is 5.33. The third-order valence-corrected chi connectivity index (χ3v) is 1.78. The number of allylic oxidation sites excluding steroid dienone is 4. The van der Waals surface area contributed by atoms with Gasteiger partial charge in [-0.2, -0.15) is 0 Å². The van der Waals surface area contributed by atoms with Gasteiger partial charge in [-0.25, -0.2) is 0 Å². The Bertz CT molecular complexity index is 219. The fraction of sp³-hybridized carbons (Fsp3) is 0.400. The molecule has 0 saturated carbocycles. The average molecular weight is 163 g/mol. The zero-order valence-electron chi connectivity index (χ0n) is 8.13. The molecule has 2 nitrogen and oxygen atoms in total. The van der Waals surface area contributed by atoms with Crippen molar-refractivity contribution in [1.29, 1.82) is 0 Å². The third kappa shape index (κ3) is 1.86. The van der Waals surface area contributed by atoms with Crippen molar-refractivity contribution in [3.63, 3.8) is 0 Å². The van der Waals surface area contributed by atoms with Gasteiger partial charge >= 0.3 is 0 Å². The summed E-state index contributed by atoms with van der Waals surface area (Å²) < 4.78 is 0. The predicted octanol–water partition coefficient (Wildman–Crippen LogP) is 1.25. The van der Waals surface area contributed by atoms with Crippen molar-refractivity contribution < 1.29 is 0 Å². The van der Waals surface area contributed by atoms with E-state index in [1.54, 1.807) is 0 Å². The molecule has 0 radical (unpaired) electrons. The monoisotopic (exact) mass is 163 g/mol. The first kappa shape index (κ1) is 8.82. The van der Waals surface area contributed by atoms with Crippen LogP contribution in [-0.2, 0) is 0 Å². The molecule has 0 aromatic heterocycles. The lowest BCUT2D eigenvalue weighted by atomic mass is 10.2. The number of rotatable bonds is 2. The molecule has 0 bridgehead atoms. The lowest BCUT2D eigenvalue weighted by Gasteiger charge is -2.11. The molecule has 12 heavy (non-hydrogen) atoms. The van der Waals surface area contributed by atoms with Crippen LogP contribution in [0.15, 0.2) is 29.6 Å². The molecule has 0 fully saturated rings. The Balaban J connectivity index is 2.76. The van der Waals surface area contributed by atoms with Crippen molar-refractivity contribution in [1.82, 2.24) is 9.80 Å². The normalized spacial score (nSPS) is 14.7. The van der Waals surface area contributed by atoms with E-state index in [0.29, 0.717) is 0 Å². The van der Waals surface area contributed by atoms with Crippen LogP contribution in [0.1, 0.15) is 0 Å². The van der Waals surface area contributed by atoms with Gasteiger partial charge in [0.05, 0.1) is 18.2 Å². The van der Waals surface area contributed by atoms with E-state index in [0.717, 1.165) is 5.70 Å². The summed E-state index contributed by atoms with van der Waals surface area (Å²) in [5, 5.41) is 0. The molecule has 0 aromatic carbocycles. The highest BCUT2D eigenvalue weighted by Gasteiger charge is 2.11. The Morgan fingerprint density at radius 1 is 1.00 bits per heavy atom. The van der Waals surface area contributed by atoms with Crippen molar-refractivity contribution in [3.05, 3.63) is 35.7 Å². The Hall–Kier alpha value is -1.27. The number of hydrogen-bond acceptors (Lipinski definition) is 2. The van der Waals surface area contributed by atoms with Gasteiger partial charge in [-0.3, -0.25) is 0 Å². The summed E-state index contributed by atoms with van der Waals surface area (Å²) in [6.07, 6.45) is 9.35. The van der Waals surface area contributed by atoms with Gasteiger partial charge in [0.15, 0.2) is 0 Å². The Labute approximate surface area is 74.5 Å². The molecule has 0 N–H and O–H groups in total. The maximum atomic E-state index is 3.20. The maximum absolute atomic E-state index is 3.20. The highest BCUT2D eigenvalue weighted by Crippen LogP contribution is 2.11. The second-order valence-electron chi connectivity index (χ2n) is 3.22. The van der Waals surface area contributed by atoms with Crippen molar-refractivity contribution in [3.8, 4) is 0 Å². The summed E-state index contributed by atoms with van der Waals surface area (Å²) in [7, 11) is 8.08. The molecule has 0 heterocycles. The van der Waals surface area contributed by atoms with E-state index in [-0.39, 0.29) is 0 Å². The van der Waals surface area contributed by atoms with Crippen LogP contribution in [0.4, 0.5) is 0 Å². The number of hydrogen-bond donors (Lipinski definition) is 0. The Kier molecular flexibility index (Phi) is 2.51. The topological polar surface area (TPSA) is 6.48 Å². The molecule has 0 aliphatic heterocycles. The third-order valence-electron chi connectivity index (χ3n) is 1.78. The second-order valence-corrected chi connectivity index (χ2v) is 3.22. The summed E-state index contributed by atoms with van der Waals surface area (Å²) in [6, 6.07) is 0. The Morgan fingerprint density at radius 3 is 2.00 bits per heavy atom. The Morgan fingerprint density at radius 2 is 1.67 bits per heavy atom. The molecule has 2 heteroatoms. The van der Waals surface area contributed by atoms with E-state index in [2.05, 4.69) is 23.1 Å². The maximum Gasteiger partial charge on any atom is 0.205 e. The van der Waals surface area contributed by atoms with Crippen molar-refractivity contribution in [2.45, 2.75) is 0 Å². The summed E-state index contributed by atoms with van der Waals surface area (Å²) >= 11 is 0. The van der Waals surface area contributed by atoms with Crippen LogP contribution < -0.4 is 0 Å². The van der Waals surface area contributed by atoms with E-state index >= 15 is 0 Å². The fourth-order valence-electron chi connectivity index (χ4n) is 0.965. The molecule has 1 aliphatic rings. The van der Waals surface area contributed by atoms with E-state index < -0.39 is 0 Å². The van der Waals surface area contributed by atoms with Gasteiger partial charge in [0, 0.05) is 28.2 Å². The first-order chi connectivity index (χ1) is 5.61. The molecule has 0 spiro atoms. The zero-order chi connectivity index (χ0) is 9.14. The van der Waals surface area contributed by atoms with Gasteiger partial charge in [-0.15, -0.1) is 0 Å². The smallest absolute Gasteiger partial charge is 0.205 e. The first-order valence-electron chi connectivity index (χ1n) is 3.97. The summed E-state index contributed by atoms with van der Waals surface area (Å²) in [5.41, 5.74) is 2.29. The lowest BCUT2D eigenvalue weighted by molar-refractivity contribution is 0.512. The van der Waals surface area contributed by atoms with Gasteiger partial charge in [-0.1, -0.05) is 0 Å². The second kappa shape index (κ2) is 3.42. The molecular weight excluding hydrogens is 148 g/mol. The molecule has 0 atom stereocenters. The van der Waals surface area contributed by atoms with E-state index in [1.807, 2.05) is 39.2 Å². The minimum absolute atomic E-state index is 1.11. The summed E-state index contributed by atoms with van der Waals surface area (Å²) in [5.74, 6) is 0. The van der Waals surface area contributed by atoms with Crippen molar-refractivity contribution >= 4 is 0 Å². The summed E-state index contributed by atoms with van der Waals surface area (Å²) in [6.45, 7) is 0. The number of likely N-dealkylation sites (N-methyl/N-ethyl adjacent to an activating group) is 2. The van der Waals surface area contributed by atoms with Gasteiger partial charge in [0.2, 0.25) is 5.70 Å². The quantitative estimate of drug-likeness (QED) is 0.565. The molecule has 0 aromatic rings. The van der Waals surface area contributed by atoms with E-state index in [1.165, 1.54) is 5.70 Å². The zero-order valence-corrected chi connectivity index (χ0v) is 8.13. The van der Waals surface area contributed by atoms with E-state index in [9.17, 15) is 0 Å². The predicted molar refractivity (Wildman–Crippen MR) is 51.4 cm³/mol. The van der Waals surface area contributed by atoms with Crippen LogP contribution in [-0.4, -0.2) is 38.0 Å². The van der Waals surface area contributed by atoms with Gasteiger partial charge in [0.1, 0.15) is 11.8 Å². The minimum atomic E-state index is 1.11. The van der Waals surface area contributed by atoms with Crippen LogP contribution in [0.2, 0.25) is 0 Å². The van der Waals surface area contributed by atoms with Gasteiger partial charge < -0.3 is 9.80 Å². The van der Waals surface area contributed by atoms with Crippen LogP contribution in [0.3, 0.4) is 0 Å². The standard InChI is InChI=1S/C10H15N2/c1-11(2)9-5-7-10(8-6-9)12(3)4/h5-7H,1-4H3/q+1. The molecule has 0 unspecified atom stereocenters. The number of nitrogens with zero attached hydrogens (tertiary/aromatic N) is 2. The molecule has 0 amide bonds. The molecule has 1 aliphatic carbocycles. The van der Waals surface area contributed by atoms with Crippen molar-refractivity contribution in [2.24, 2.45) is 0 Å². The van der Waals surface area contributed by atoms with Gasteiger partial charge in [0.25, 0.3) is 0 Å². The largest absolute Gasteiger partial charge is 0.349 e. The van der Waals surface area contributed by atoms with Crippen LogP contribution >= 0.6 is 0 Å². The average Bonchev–Trinajstić information content (AvgIpc) is 2.04. The highest BCUT2D eigenvalue weighted by atomic mass is 15.1. The van der Waals surface area contributed by atoms with Crippen LogP contribution in [0.5, 0.6) is 0 Å². The van der Waals surface area contributed by atoms with Crippen LogP contribution in [0.25, 0.3) is 0 Å². The molecular formula is C10H15N2+. The lowest BCUT2D eigenvalue weighted by Crippen LogP contribution is -2.14. The molecule has 1 rings (SSSR count). The molecule has 64 valence electrons. The SMILES string of the molecule is CN(C)C1=[C+]C=C(N(C)C)C=C1. The van der Waals surface area contributed by atoms with Crippen LogP contribution in [0, 0.1) is 6.08 Å². The van der Waals surface area contributed by atoms with E-state index in [4.69, 9.17) is 0 Å². The summed E-state index contributed by atoms with van der Waals surface area (Å²) in [4.78, 5) is 4.11. The fourth-order valence-corrected chi connectivity index (χ4v) is 0.965. The van der Waals surface area contributed by atoms with Gasteiger partial charge in [-0.05, 0) is 0 Å². The van der Waals surface area contributed by atoms with Crippen molar-refractivity contribution in [2.75, 3.05) is 28.2 Å². The minimum Gasteiger partial charge on any atom is -0.349 e. The molecule has 0 saturated heterocycles. The first-order valence-corrected chi connectivity index (χ1v) is 3.97.